The van der Waals surface area contributed by atoms with Gasteiger partial charge in [-0.1, -0.05) is 12.1 Å². The number of likely N-dealkylation sites (tertiary alicyclic amines) is 1. The monoisotopic (exact) mass is 515 g/mol. The van der Waals surface area contributed by atoms with Crippen molar-refractivity contribution in [1.29, 1.82) is 0 Å². The number of carbonyl (C=O) groups excluding carboxylic acids is 1. The van der Waals surface area contributed by atoms with Gasteiger partial charge in [-0.05, 0) is 91.2 Å². The van der Waals surface area contributed by atoms with E-state index < -0.39 is 0 Å². The van der Waals surface area contributed by atoms with Gasteiger partial charge in [0, 0.05) is 50.9 Å². The molecule has 2 aromatic carbocycles. The number of anilines is 1. The first-order valence-corrected chi connectivity index (χ1v) is 13.8. The summed E-state index contributed by atoms with van der Waals surface area (Å²) >= 11 is 1.46. The van der Waals surface area contributed by atoms with Gasteiger partial charge in [-0.2, -0.15) is 4.99 Å². The van der Waals surface area contributed by atoms with Crippen LogP contribution in [-0.4, -0.2) is 72.2 Å². The molecule has 37 heavy (non-hydrogen) atoms. The maximum Gasteiger partial charge on any atom is 0.286 e. The number of fused-ring (bicyclic) bond motifs is 1. The molecule has 190 valence electrons. The number of nitrogens with zero attached hydrogens (tertiary/aromatic N) is 5. The van der Waals surface area contributed by atoms with Crippen LogP contribution in [0.4, 0.5) is 10.1 Å². The smallest absolute Gasteiger partial charge is 0.286 e. The number of carbonyl (C=O) groups is 1. The molecule has 3 aliphatic rings. The van der Waals surface area contributed by atoms with Crippen LogP contribution in [0.25, 0.3) is 28.1 Å². The molecule has 0 unspecified atom stereocenters. The molecule has 4 heterocycles. The van der Waals surface area contributed by atoms with Crippen molar-refractivity contribution in [2.24, 2.45) is 4.99 Å². The number of hydrogen-bond donors (Lipinski definition) is 0. The molecule has 0 saturated carbocycles. The van der Waals surface area contributed by atoms with E-state index >= 15 is 4.39 Å². The van der Waals surface area contributed by atoms with Crippen molar-refractivity contribution in [3.8, 4) is 11.1 Å². The van der Waals surface area contributed by atoms with Crippen LogP contribution in [0.2, 0.25) is 0 Å². The molecule has 6 nitrogen and oxygen atoms in total. The van der Waals surface area contributed by atoms with Crippen LogP contribution in [0.15, 0.2) is 58.6 Å². The van der Waals surface area contributed by atoms with Crippen LogP contribution in [0.3, 0.4) is 0 Å². The number of likely N-dealkylation sites (N-methyl/N-ethyl adjacent to an activating group) is 1. The summed E-state index contributed by atoms with van der Waals surface area (Å²) in [6, 6.07) is 13.4. The number of amides is 1. The molecule has 8 heteroatoms. The average Bonchev–Trinajstić information content (AvgIpc) is 3.29. The number of aromatic nitrogens is 1. The maximum absolute atomic E-state index is 15.3. The van der Waals surface area contributed by atoms with Crippen molar-refractivity contribution < 1.29 is 9.18 Å². The SMILES string of the molecule is CN1CCN(c2ccc(-c3ccnc4ccc(C=C5SC(N6CCCCC6)=NC5=O)cc34)cc2F)CC1. The lowest BCUT2D eigenvalue weighted by molar-refractivity contribution is -0.113. The van der Waals surface area contributed by atoms with Crippen molar-refractivity contribution in [1.82, 2.24) is 14.8 Å². The second-order valence-electron chi connectivity index (χ2n) is 9.95. The van der Waals surface area contributed by atoms with E-state index in [4.69, 9.17) is 0 Å². The van der Waals surface area contributed by atoms with Gasteiger partial charge in [0.25, 0.3) is 5.91 Å². The Balaban J connectivity index is 1.28. The fraction of sp³-hybridized carbons (Fsp3) is 0.345. The number of piperazine rings is 1. The molecule has 0 spiro atoms. The molecule has 1 amide bonds. The fourth-order valence-electron chi connectivity index (χ4n) is 5.25. The molecule has 2 fully saturated rings. The number of thioether (sulfide) groups is 1. The van der Waals surface area contributed by atoms with Gasteiger partial charge >= 0.3 is 0 Å². The highest BCUT2D eigenvalue weighted by Gasteiger charge is 2.27. The molecule has 0 atom stereocenters. The van der Waals surface area contributed by atoms with Crippen molar-refractivity contribution >= 4 is 45.5 Å². The number of benzene rings is 2. The summed E-state index contributed by atoms with van der Waals surface area (Å²) in [6.07, 6.45) is 7.19. The third kappa shape index (κ3) is 5.00. The first kappa shape index (κ1) is 24.1. The molecule has 0 N–H and O–H groups in total. The molecule has 3 aromatic rings. The van der Waals surface area contributed by atoms with E-state index in [-0.39, 0.29) is 11.7 Å². The van der Waals surface area contributed by atoms with E-state index in [1.54, 1.807) is 12.3 Å². The largest absolute Gasteiger partial charge is 0.367 e. The summed E-state index contributed by atoms with van der Waals surface area (Å²) in [5.74, 6) is -0.390. The van der Waals surface area contributed by atoms with Crippen LogP contribution in [0, 0.1) is 5.82 Å². The van der Waals surface area contributed by atoms with Gasteiger partial charge < -0.3 is 14.7 Å². The van der Waals surface area contributed by atoms with Gasteiger partial charge in [-0.3, -0.25) is 9.78 Å². The topological polar surface area (TPSA) is 52.0 Å². The van der Waals surface area contributed by atoms with Gasteiger partial charge in [0.1, 0.15) is 5.82 Å². The Bertz CT molecular complexity index is 1410. The predicted molar refractivity (Wildman–Crippen MR) is 150 cm³/mol. The highest BCUT2D eigenvalue weighted by molar-refractivity contribution is 8.18. The highest BCUT2D eigenvalue weighted by Crippen LogP contribution is 2.34. The summed E-state index contributed by atoms with van der Waals surface area (Å²) in [4.78, 5) is 28.7. The third-order valence-corrected chi connectivity index (χ3v) is 8.45. The Morgan fingerprint density at radius 1 is 0.919 bits per heavy atom. The summed E-state index contributed by atoms with van der Waals surface area (Å²) in [7, 11) is 2.09. The first-order valence-electron chi connectivity index (χ1n) is 12.9. The molecular weight excluding hydrogens is 485 g/mol. The van der Waals surface area contributed by atoms with Crippen molar-refractivity contribution in [3.63, 3.8) is 0 Å². The zero-order chi connectivity index (χ0) is 25.4. The van der Waals surface area contributed by atoms with Crippen molar-refractivity contribution in [3.05, 3.63) is 64.9 Å². The van der Waals surface area contributed by atoms with Crippen molar-refractivity contribution in [2.45, 2.75) is 19.3 Å². The Morgan fingerprint density at radius 3 is 2.51 bits per heavy atom. The zero-order valence-corrected chi connectivity index (χ0v) is 21.8. The van der Waals surface area contributed by atoms with Gasteiger partial charge in [0.2, 0.25) is 0 Å². The summed E-state index contributed by atoms with van der Waals surface area (Å²) in [6.45, 7) is 5.43. The number of rotatable bonds is 3. The molecule has 2 saturated heterocycles. The van der Waals surface area contributed by atoms with E-state index in [1.807, 2.05) is 42.5 Å². The normalized spacial score (nSPS) is 20.2. The second kappa shape index (κ2) is 10.3. The Kier molecular flexibility index (Phi) is 6.69. The number of amidine groups is 1. The van der Waals surface area contributed by atoms with Crippen LogP contribution < -0.4 is 4.90 Å². The van der Waals surface area contributed by atoms with Crippen LogP contribution in [0.1, 0.15) is 24.8 Å². The minimum atomic E-state index is -0.208. The highest BCUT2D eigenvalue weighted by atomic mass is 32.2. The summed E-state index contributed by atoms with van der Waals surface area (Å²) in [5, 5.41) is 1.74. The second-order valence-corrected chi connectivity index (χ2v) is 11.0. The summed E-state index contributed by atoms with van der Waals surface area (Å²) < 4.78 is 15.3. The van der Waals surface area contributed by atoms with Crippen LogP contribution in [-0.2, 0) is 4.79 Å². The molecule has 3 aliphatic heterocycles. The van der Waals surface area contributed by atoms with E-state index in [0.717, 1.165) is 84.9 Å². The summed E-state index contributed by atoms with van der Waals surface area (Å²) in [5.41, 5.74) is 4.13. The molecule has 0 radical (unpaired) electrons. The van der Waals surface area contributed by atoms with Gasteiger partial charge in [0.05, 0.1) is 16.1 Å². The molecular formula is C29H30FN5OS. The number of pyridine rings is 1. The fourth-order valence-corrected chi connectivity index (χ4v) is 6.22. The minimum Gasteiger partial charge on any atom is -0.367 e. The standard InChI is InChI=1S/C29H30FN5OS/c1-33-13-15-34(16-14-33)26-8-6-21(19-24(26)30)22-9-10-31-25-7-5-20(17-23(22)25)18-27-28(36)32-29(37-27)35-11-3-2-4-12-35/h5-10,17-19H,2-4,11-16H2,1H3. The maximum atomic E-state index is 15.3. The number of piperidine rings is 1. The molecule has 0 aliphatic carbocycles. The van der Waals surface area contributed by atoms with E-state index in [9.17, 15) is 4.79 Å². The predicted octanol–water partition coefficient (Wildman–Crippen LogP) is 5.25. The Labute approximate surface area is 220 Å². The Morgan fingerprint density at radius 2 is 1.73 bits per heavy atom. The Hall–Kier alpha value is -3.23. The van der Waals surface area contributed by atoms with Gasteiger partial charge in [-0.25, -0.2) is 4.39 Å². The van der Waals surface area contributed by atoms with Gasteiger partial charge in [-0.15, -0.1) is 0 Å². The number of halogens is 1. The minimum absolute atomic E-state index is 0.182. The molecule has 1 aromatic heterocycles. The lowest BCUT2D eigenvalue weighted by Gasteiger charge is -2.34. The average molecular weight is 516 g/mol. The zero-order valence-electron chi connectivity index (χ0n) is 21.0. The number of aliphatic imine (C=N–C) groups is 1. The van der Waals surface area contributed by atoms with E-state index in [0.29, 0.717) is 10.6 Å². The molecule has 0 bridgehead atoms. The van der Waals surface area contributed by atoms with Crippen LogP contribution in [0.5, 0.6) is 0 Å². The van der Waals surface area contributed by atoms with E-state index in [1.165, 1.54) is 18.2 Å². The van der Waals surface area contributed by atoms with E-state index in [2.05, 4.69) is 31.7 Å². The molecule has 6 rings (SSSR count). The van der Waals surface area contributed by atoms with Crippen molar-refractivity contribution in [2.75, 3.05) is 51.2 Å². The van der Waals surface area contributed by atoms with Crippen LogP contribution >= 0.6 is 11.8 Å². The lowest BCUT2D eigenvalue weighted by Crippen LogP contribution is -2.44. The number of hydrogen-bond acceptors (Lipinski definition) is 6. The van der Waals surface area contributed by atoms with Gasteiger partial charge in [0.15, 0.2) is 5.17 Å². The lowest BCUT2D eigenvalue weighted by atomic mass is 9.99. The first-order chi connectivity index (χ1) is 18.0. The quantitative estimate of drug-likeness (QED) is 0.444. The third-order valence-electron chi connectivity index (χ3n) is 7.40.